The molecule has 0 saturated heterocycles. The van der Waals surface area contributed by atoms with Crippen molar-refractivity contribution in [3.63, 3.8) is 0 Å². The van der Waals surface area contributed by atoms with E-state index in [2.05, 4.69) is 31.2 Å². The number of imidazole rings is 1. The van der Waals surface area contributed by atoms with Crippen molar-refractivity contribution in [2.24, 2.45) is 0 Å². The topological polar surface area (TPSA) is 57.8 Å². The number of halogens is 1. The number of aromatic nitrogens is 2. The minimum absolute atomic E-state index is 0.150. The molecule has 0 bridgehead atoms. The summed E-state index contributed by atoms with van der Waals surface area (Å²) >= 11 is 3.38. The van der Waals surface area contributed by atoms with Gasteiger partial charge in [0.05, 0.1) is 11.0 Å². The number of aromatic amines is 1. The molecule has 0 fully saturated rings. The molecule has 0 aliphatic rings. The first kappa shape index (κ1) is 15.6. The average molecular weight is 392 g/mol. The molecule has 1 amide bonds. The van der Waals surface area contributed by atoms with E-state index in [1.54, 1.807) is 12.1 Å². The number of carbonyl (C=O) groups is 1. The SMILES string of the molecule is O=C(Nc1cccc(-c2nc3ccccc3[nH]2)c1)c1cccc(Br)c1. The van der Waals surface area contributed by atoms with Gasteiger partial charge < -0.3 is 10.3 Å². The number of nitrogens with one attached hydrogen (secondary N) is 2. The summed E-state index contributed by atoms with van der Waals surface area (Å²) in [5.74, 6) is 0.628. The maximum atomic E-state index is 12.4. The molecule has 3 aromatic carbocycles. The van der Waals surface area contributed by atoms with Crippen LogP contribution in [0.2, 0.25) is 0 Å². The summed E-state index contributed by atoms with van der Waals surface area (Å²) in [5.41, 5.74) is 4.15. The Hall–Kier alpha value is -2.92. The molecule has 0 unspecified atom stereocenters. The molecule has 1 heterocycles. The number of hydrogen-bond donors (Lipinski definition) is 2. The number of carbonyl (C=O) groups excluding carboxylic acids is 1. The van der Waals surface area contributed by atoms with Crippen molar-refractivity contribution in [1.29, 1.82) is 0 Å². The molecular weight excluding hydrogens is 378 g/mol. The number of fused-ring (bicyclic) bond motifs is 1. The summed E-state index contributed by atoms with van der Waals surface area (Å²) < 4.78 is 0.871. The Morgan fingerprint density at radius 2 is 1.80 bits per heavy atom. The molecular formula is C20H14BrN3O. The Labute approximate surface area is 153 Å². The van der Waals surface area contributed by atoms with Crippen LogP contribution in [0.15, 0.2) is 77.3 Å². The van der Waals surface area contributed by atoms with E-state index in [1.807, 2.05) is 60.7 Å². The fourth-order valence-corrected chi connectivity index (χ4v) is 3.07. The first-order chi connectivity index (χ1) is 12.2. The van der Waals surface area contributed by atoms with Crippen LogP contribution in [0.4, 0.5) is 5.69 Å². The van der Waals surface area contributed by atoms with Crippen molar-refractivity contribution in [1.82, 2.24) is 9.97 Å². The Kier molecular flexibility index (Phi) is 4.07. The van der Waals surface area contributed by atoms with E-state index in [1.165, 1.54) is 0 Å². The van der Waals surface area contributed by atoms with Gasteiger partial charge in [0.15, 0.2) is 0 Å². The Bertz CT molecular complexity index is 1040. The van der Waals surface area contributed by atoms with E-state index in [9.17, 15) is 4.79 Å². The third kappa shape index (κ3) is 3.32. The minimum Gasteiger partial charge on any atom is -0.338 e. The van der Waals surface area contributed by atoms with E-state index < -0.39 is 0 Å². The van der Waals surface area contributed by atoms with E-state index in [4.69, 9.17) is 0 Å². The van der Waals surface area contributed by atoms with Gasteiger partial charge in [0.2, 0.25) is 0 Å². The Morgan fingerprint density at radius 3 is 2.64 bits per heavy atom. The summed E-state index contributed by atoms with van der Waals surface area (Å²) in [6.45, 7) is 0. The average Bonchev–Trinajstić information content (AvgIpc) is 3.06. The van der Waals surface area contributed by atoms with Crippen LogP contribution >= 0.6 is 15.9 Å². The highest BCUT2D eigenvalue weighted by molar-refractivity contribution is 9.10. The molecule has 4 aromatic rings. The van der Waals surface area contributed by atoms with E-state index in [-0.39, 0.29) is 5.91 Å². The van der Waals surface area contributed by atoms with Crippen molar-refractivity contribution in [2.75, 3.05) is 5.32 Å². The summed E-state index contributed by atoms with van der Waals surface area (Å²) in [6.07, 6.45) is 0. The van der Waals surface area contributed by atoms with Crippen molar-refractivity contribution in [3.05, 3.63) is 82.8 Å². The van der Waals surface area contributed by atoms with Crippen LogP contribution in [0.3, 0.4) is 0 Å². The molecule has 0 aliphatic heterocycles. The first-order valence-corrected chi connectivity index (χ1v) is 8.60. The number of nitrogens with zero attached hydrogens (tertiary/aromatic N) is 1. The van der Waals surface area contributed by atoms with Crippen LogP contribution in [-0.2, 0) is 0 Å². The van der Waals surface area contributed by atoms with Gasteiger partial charge in [-0.25, -0.2) is 4.98 Å². The molecule has 25 heavy (non-hydrogen) atoms. The lowest BCUT2D eigenvalue weighted by atomic mass is 10.1. The predicted octanol–water partition coefficient (Wildman–Crippen LogP) is 5.24. The third-order valence-electron chi connectivity index (χ3n) is 3.87. The molecule has 122 valence electrons. The van der Waals surface area contributed by atoms with Gasteiger partial charge in [0, 0.05) is 21.3 Å². The van der Waals surface area contributed by atoms with Gasteiger partial charge in [-0.1, -0.05) is 46.3 Å². The van der Waals surface area contributed by atoms with Crippen molar-refractivity contribution < 1.29 is 4.79 Å². The fourth-order valence-electron chi connectivity index (χ4n) is 2.67. The largest absolute Gasteiger partial charge is 0.338 e. The van der Waals surface area contributed by atoms with E-state index in [0.29, 0.717) is 5.56 Å². The number of hydrogen-bond acceptors (Lipinski definition) is 2. The maximum absolute atomic E-state index is 12.4. The van der Waals surface area contributed by atoms with Crippen LogP contribution in [0.25, 0.3) is 22.4 Å². The smallest absolute Gasteiger partial charge is 0.255 e. The van der Waals surface area contributed by atoms with Crippen LogP contribution in [0, 0.1) is 0 Å². The highest BCUT2D eigenvalue weighted by Gasteiger charge is 2.09. The van der Waals surface area contributed by atoms with Crippen molar-refractivity contribution in [2.45, 2.75) is 0 Å². The number of benzene rings is 3. The Balaban J connectivity index is 1.62. The maximum Gasteiger partial charge on any atom is 0.255 e. The second-order valence-electron chi connectivity index (χ2n) is 5.65. The molecule has 0 radical (unpaired) electrons. The summed E-state index contributed by atoms with van der Waals surface area (Å²) in [6, 6.07) is 22.8. The lowest BCUT2D eigenvalue weighted by Gasteiger charge is -2.07. The van der Waals surface area contributed by atoms with Crippen LogP contribution < -0.4 is 5.32 Å². The highest BCUT2D eigenvalue weighted by atomic mass is 79.9. The summed E-state index contributed by atoms with van der Waals surface area (Å²) in [7, 11) is 0. The first-order valence-electron chi connectivity index (χ1n) is 7.81. The number of rotatable bonds is 3. The van der Waals surface area contributed by atoms with E-state index in [0.717, 1.165) is 32.6 Å². The molecule has 0 saturated carbocycles. The van der Waals surface area contributed by atoms with Gasteiger partial charge >= 0.3 is 0 Å². The highest BCUT2D eigenvalue weighted by Crippen LogP contribution is 2.23. The number of anilines is 1. The fraction of sp³-hybridized carbons (Fsp3) is 0. The number of H-pyrrole nitrogens is 1. The second-order valence-corrected chi connectivity index (χ2v) is 6.56. The number of para-hydroxylation sites is 2. The van der Waals surface area contributed by atoms with Gasteiger partial charge in [0.25, 0.3) is 5.91 Å². The zero-order valence-electron chi connectivity index (χ0n) is 13.2. The molecule has 0 atom stereocenters. The van der Waals surface area contributed by atoms with Gasteiger partial charge in [-0.05, 0) is 42.5 Å². The van der Waals surface area contributed by atoms with Gasteiger partial charge in [0.1, 0.15) is 5.82 Å². The molecule has 4 nitrogen and oxygen atoms in total. The normalized spacial score (nSPS) is 10.8. The molecule has 1 aromatic heterocycles. The quantitative estimate of drug-likeness (QED) is 0.501. The monoisotopic (exact) mass is 391 g/mol. The zero-order chi connectivity index (χ0) is 17.2. The zero-order valence-corrected chi connectivity index (χ0v) is 14.7. The molecule has 2 N–H and O–H groups in total. The predicted molar refractivity (Wildman–Crippen MR) is 104 cm³/mol. The summed E-state index contributed by atoms with van der Waals surface area (Å²) in [4.78, 5) is 20.3. The minimum atomic E-state index is -0.150. The number of amides is 1. The van der Waals surface area contributed by atoms with Gasteiger partial charge in [-0.3, -0.25) is 4.79 Å². The van der Waals surface area contributed by atoms with Crippen LogP contribution in [0.1, 0.15) is 10.4 Å². The van der Waals surface area contributed by atoms with Crippen LogP contribution in [-0.4, -0.2) is 15.9 Å². The molecule has 0 spiro atoms. The molecule has 0 aliphatic carbocycles. The Morgan fingerprint density at radius 1 is 0.960 bits per heavy atom. The molecule has 4 rings (SSSR count). The van der Waals surface area contributed by atoms with Crippen molar-refractivity contribution in [3.8, 4) is 11.4 Å². The van der Waals surface area contributed by atoms with E-state index >= 15 is 0 Å². The summed E-state index contributed by atoms with van der Waals surface area (Å²) in [5, 5.41) is 2.93. The van der Waals surface area contributed by atoms with Crippen molar-refractivity contribution >= 4 is 38.6 Å². The second kappa shape index (κ2) is 6.53. The van der Waals surface area contributed by atoms with Gasteiger partial charge in [-0.2, -0.15) is 0 Å². The lowest BCUT2D eigenvalue weighted by molar-refractivity contribution is 0.102. The molecule has 5 heteroatoms. The lowest BCUT2D eigenvalue weighted by Crippen LogP contribution is -2.11. The third-order valence-corrected chi connectivity index (χ3v) is 4.36. The van der Waals surface area contributed by atoms with Gasteiger partial charge in [-0.15, -0.1) is 0 Å². The van der Waals surface area contributed by atoms with Crippen LogP contribution in [0.5, 0.6) is 0 Å². The standard InChI is InChI=1S/C20H14BrN3O/c21-15-7-3-6-14(11-15)20(25)22-16-8-4-5-13(12-16)19-23-17-9-1-2-10-18(17)24-19/h1-12H,(H,22,25)(H,23,24).